The summed E-state index contributed by atoms with van der Waals surface area (Å²) in [6.45, 7) is 12.3. The Morgan fingerprint density at radius 2 is 0.929 bits per heavy atom. The van der Waals surface area contributed by atoms with Crippen LogP contribution in [0.3, 0.4) is 0 Å². The van der Waals surface area contributed by atoms with E-state index in [1.165, 1.54) is 0 Å². The molecule has 0 rings (SSSR count). The molecule has 14 heavy (non-hydrogen) atoms. The van der Waals surface area contributed by atoms with Gasteiger partial charge in [0.15, 0.2) is 0 Å². The molecule has 0 aromatic heterocycles. The first-order valence-electron chi connectivity index (χ1n) is 4.79. The first kappa shape index (κ1) is 13.6. The molecule has 4 nitrogen and oxygen atoms in total. The van der Waals surface area contributed by atoms with Crippen molar-refractivity contribution < 1.29 is 0 Å². The summed E-state index contributed by atoms with van der Waals surface area (Å²) in [6.07, 6.45) is 0. The van der Waals surface area contributed by atoms with Gasteiger partial charge in [-0.25, -0.2) is 0 Å². The lowest BCUT2D eigenvalue weighted by atomic mass is 10.6. The van der Waals surface area contributed by atoms with Crippen LogP contribution in [0.4, 0.5) is 0 Å². The predicted octanol–water partition coefficient (Wildman–Crippen LogP) is 3.01. The van der Waals surface area contributed by atoms with Gasteiger partial charge < -0.3 is 0 Å². The number of hydrogen-bond acceptors (Lipinski definition) is 4. The molecule has 0 spiro atoms. The summed E-state index contributed by atoms with van der Waals surface area (Å²) in [5.74, 6) is 0. The quantitative estimate of drug-likeness (QED) is 0.540. The van der Waals surface area contributed by atoms with Crippen molar-refractivity contribution >= 4 is 16.1 Å². The van der Waals surface area contributed by atoms with Gasteiger partial charge in [-0.05, 0) is 0 Å². The van der Waals surface area contributed by atoms with Crippen LogP contribution >= 0.6 is 0 Å². The fourth-order valence-electron chi connectivity index (χ4n) is 1.38. The largest absolute Gasteiger partial charge is 0.151 e. The monoisotopic (exact) mass is 232 g/mol. The summed E-state index contributed by atoms with van der Waals surface area (Å²) in [7, 11) is -3.44. The number of rotatable bonds is 5. The summed E-state index contributed by atoms with van der Waals surface area (Å²) in [4.78, 5) is 21.6. The normalized spacial score (nSPS) is 17.3. The summed E-state index contributed by atoms with van der Waals surface area (Å²) >= 11 is 0. The molecule has 0 heterocycles. The van der Waals surface area contributed by atoms with Crippen molar-refractivity contribution in [2.45, 2.75) is 50.6 Å². The molecule has 82 valence electrons. The van der Waals surface area contributed by atoms with Gasteiger partial charge in [-0.2, -0.15) is 9.81 Å². The molecule has 2 unspecified atom stereocenters. The van der Waals surface area contributed by atoms with Crippen LogP contribution in [0.1, 0.15) is 0 Å². The number of hydrogen-bond donors (Lipinski definition) is 0. The third-order valence-electron chi connectivity index (χ3n) is 2.30. The fourth-order valence-corrected chi connectivity index (χ4v) is 7.03. The Morgan fingerprint density at radius 1 is 0.714 bits per heavy atom. The molecule has 6 heteroatoms. The van der Waals surface area contributed by atoms with E-state index in [1.54, 1.807) is 0 Å². The van der Waals surface area contributed by atoms with Crippen molar-refractivity contribution in [3.63, 3.8) is 0 Å². The summed E-state index contributed by atoms with van der Waals surface area (Å²) in [6, 6.07) is 0. The van der Waals surface area contributed by atoms with Crippen molar-refractivity contribution in [2.24, 2.45) is 10.4 Å². The number of nitroso groups, excluding NO2 is 2. The van der Waals surface area contributed by atoms with E-state index in [2.05, 4.69) is 49.6 Å². The molecule has 0 amide bonds. The van der Waals surface area contributed by atoms with Gasteiger partial charge in [0.1, 0.15) is 11.3 Å². The highest BCUT2D eigenvalue weighted by molar-refractivity contribution is 6.83. The molecule has 0 aliphatic rings. The molecular weight excluding hydrogens is 212 g/mol. The topological polar surface area (TPSA) is 58.9 Å². The zero-order valence-corrected chi connectivity index (χ0v) is 11.9. The molecule has 0 aliphatic carbocycles. The fraction of sp³-hybridized carbons (Fsp3) is 1.00. The molecule has 0 aromatic rings. The smallest absolute Gasteiger partial charge is 0.105 e. The Kier molecular flexibility index (Phi) is 4.32. The number of nitrogens with zero attached hydrogens (tertiary/aromatic N) is 2. The lowest BCUT2D eigenvalue weighted by Gasteiger charge is -2.32. The first-order valence-corrected chi connectivity index (χ1v) is 11.9. The van der Waals surface area contributed by atoms with E-state index in [-0.39, 0.29) is 11.3 Å². The maximum Gasteiger partial charge on any atom is 0.105 e. The van der Waals surface area contributed by atoms with E-state index in [1.807, 2.05) is 0 Å². The summed E-state index contributed by atoms with van der Waals surface area (Å²) in [5, 5.41) is 6.30. The second-order valence-corrected chi connectivity index (χ2v) is 16.5. The predicted molar refractivity (Wildman–Crippen MR) is 65.9 cm³/mol. The second kappa shape index (κ2) is 4.44. The molecule has 0 fully saturated rings. The second-order valence-electron chi connectivity index (χ2n) is 5.83. The third-order valence-corrected chi connectivity index (χ3v) is 7.03. The third kappa shape index (κ3) is 3.41. The van der Waals surface area contributed by atoms with Crippen LogP contribution in [0, 0.1) is 9.81 Å². The van der Waals surface area contributed by atoms with Crippen molar-refractivity contribution in [2.75, 3.05) is 0 Å². The lowest BCUT2D eigenvalue weighted by molar-refractivity contribution is 0.763. The molecule has 0 saturated heterocycles. The van der Waals surface area contributed by atoms with Gasteiger partial charge in [0.05, 0.1) is 16.1 Å². The Morgan fingerprint density at radius 3 is 1.00 bits per heavy atom. The Hall–Kier alpha value is -0.366. The average Bonchev–Trinajstić information content (AvgIpc) is 1.94. The lowest BCUT2D eigenvalue weighted by Crippen LogP contribution is -2.54. The van der Waals surface area contributed by atoms with E-state index < -0.39 is 16.1 Å². The molecule has 0 radical (unpaired) electrons. The van der Waals surface area contributed by atoms with Gasteiger partial charge in [-0.15, -0.1) is 0 Å². The maximum atomic E-state index is 10.8. The van der Waals surface area contributed by atoms with Gasteiger partial charge in [-0.1, -0.05) is 49.6 Å². The molecule has 0 N–H and O–H groups in total. The molecule has 0 saturated carbocycles. The van der Waals surface area contributed by atoms with Crippen molar-refractivity contribution in [1.29, 1.82) is 0 Å². The SMILES string of the molecule is C[Si](C)(C)C(N=O)C(N=O)[Si](C)(C)C. The Balaban J connectivity index is 5.00. The zero-order chi connectivity index (χ0) is 11.6. The van der Waals surface area contributed by atoms with Crippen LogP contribution in [0.25, 0.3) is 0 Å². The van der Waals surface area contributed by atoms with E-state index >= 15 is 0 Å². The highest BCUT2D eigenvalue weighted by atomic mass is 28.3. The van der Waals surface area contributed by atoms with Crippen molar-refractivity contribution in [1.82, 2.24) is 0 Å². The van der Waals surface area contributed by atoms with E-state index in [0.29, 0.717) is 0 Å². The van der Waals surface area contributed by atoms with Crippen LogP contribution in [0.2, 0.25) is 39.3 Å². The van der Waals surface area contributed by atoms with Crippen LogP contribution in [-0.4, -0.2) is 27.5 Å². The minimum absolute atomic E-state index is 0.369. The van der Waals surface area contributed by atoms with Crippen LogP contribution in [0.15, 0.2) is 10.4 Å². The Labute approximate surface area is 87.4 Å². The van der Waals surface area contributed by atoms with Crippen LogP contribution < -0.4 is 0 Å². The highest BCUT2D eigenvalue weighted by Gasteiger charge is 2.43. The van der Waals surface area contributed by atoms with E-state index in [0.717, 1.165) is 0 Å². The Bertz CT molecular complexity index is 196. The summed E-state index contributed by atoms with van der Waals surface area (Å²) in [5.41, 5.74) is -0.738. The van der Waals surface area contributed by atoms with Crippen molar-refractivity contribution in [3.05, 3.63) is 9.81 Å². The van der Waals surface area contributed by atoms with Gasteiger partial charge in [-0.3, -0.25) is 0 Å². The maximum absolute atomic E-state index is 10.8. The molecule has 2 atom stereocenters. The summed E-state index contributed by atoms with van der Waals surface area (Å²) < 4.78 is 0. The average molecular weight is 232 g/mol. The van der Waals surface area contributed by atoms with E-state index in [4.69, 9.17) is 0 Å². The van der Waals surface area contributed by atoms with E-state index in [9.17, 15) is 9.81 Å². The molecular formula is C8H20N2O2Si2. The van der Waals surface area contributed by atoms with Crippen LogP contribution in [0.5, 0.6) is 0 Å². The van der Waals surface area contributed by atoms with Gasteiger partial charge in [0, 0.05) is 0 Å². The van der Waals surface area contributed by atoms with Crippen molar-refractivity contribution in [3.8, 4) is 0 Å². The highest BCUT2D eigenvalue weighted by Crippen LogP contribution is 2.24. The van der Waals surface area contributed by atoms with Gasteiger partial charge >= 0.3 is 0 Å². The molecule has 0 aromatic carbocycles. The molecule has 0 bridgehead atoms. The minimum Gasteiger partial charge on any atom is -0.151 e. The van der Waals surface area contributed by atoms with Gasteiger partial charge in [0.2, 0.25) is 0 Å². The minimum atomic E-state index is -1.72. The zero-order valence-electron chi connectivity index (χ0n) is 9.87. The van der Waals surface area contributed by atoms with Crippen LogP contribution in [-0.2, 0) is 0 Å². The molecule has 0 aliphatic heterocycles. The first-order chi connectivity index (χ1) is 6.14. The van der Waals surface area contributed by atoms with Gasteiger partial charge in [0.25, 0.3) is 0 Å². The standard InChI is InChI=1S/C8H20N2O2Si2/c1-13(2,3)7(9-11)8(10-12)14(4,5)6/h7-8H,1-6H3.